The van der Waals surface area contributed by atoms with Crippen molar-refractivity contribution in [3.63, 3.8) is 0 Å². The molecule has 4 nitrogen and oxygen atoms in total. The second-order valence-electron chi connectivity index (χ2n) is 7.54. The van der Waals surface area contributed by atoms with E-state index >= 15 is 0 Å². The standard InChI is InChI=1S/C22H36O4/c1-3-5-6-10-16-22(26,4-2)17-15-18-13-14-20(23)19(18)11-8-7-9-12-21(24)25/h7-8,15,17-19,26H,3-6,9-14,16H2,1-2H3,(H,24,25)/b8-7-,17-15+. The summed E-state index contributed by atoms with van der Waals surface area (Å²) in [5, 5.41) is 19.4. The molecule has 2 N–H and O–H groups in total. The van der Waals surface area contributed by atoms with E-state index in [2.05, 4.69) is 13.0 Å². The summed E-state index contributed by atoms with van der Waals surface area (Å²) in [5.74, 6) is -0.371. The van der Waals surface area contributed by atoms with Crippen molar-refractivity contribution in [3.05, 3.63) is 24.3 Å². The van der Waals surface area contributed by atoms with Crippen LogP contribution in [0.3, 0.4) is 0 Å². The summed E-state index contributed by atoms with van der Waals surface area (Å²) in [6, 6.07) is 0. The normalized spacial score (nSPS) is 23.1. The molecule has 0 radical (unpaired) electrons. The molecule has 1 aliphatic rings. The molecule has 148 valence electrons. The molecule has 0 bridgehead atoms. The third-order valence-corrected chi connectivity index (χ3v) is 5.47. The first-order valence-electron chi connectivity index (χ1n) is 10.2. The molecule has 0 heterocycles. The number of hydrogen-bond donors (Lipinski definition) is 2. The topological polar surface area (TPSA) is 74.6 Å². The van der Waals surface area contributed by atoms with E-state index in [1.165, 1.54) is 12.8 Å². The lowest BCUT2D eigenvalue weighted by Gasteiger charge is -2.24. The van der Waals surface area contributed by atoms with E-state index in [1.54, 1.807) is 0 Å². The zero-order valence-corrected chi connectivity index (χ0v) is 16.5. The number of aliphatic hydroxyl groups is 1. The molecule has 0 aliphatic heterocycles. The number of unbranched alkanes of at least 4 members (excludes halogenated alkanes) is 3. The Morgan fingerprint density at radius 1 is 1.23 bits per heavy atom. The largest absolute Gasteiger partial charge is 0.481 e. The van der Waals surface area contributed by atoms with Gasteiger partial charge in [-0.2, -0.15) is 0 Å². The van der Waals surface area contributed by atoms with Crippen LogP contribution in [0, 0.1) is 11.8 Å². The van der Waals surface area contributed by atoms with Crippen molar-refractivity contribution < 1.29 is 19.8 Å². The Morgan fingerprint density at radius 2 is 2.00 bits per heavy atom. The van der Waals surface area contributed by atoms with Gasteiger partial charge in [0.05, 0.1) is 5.60 Å². The van der Waals surface area contributed by atoms with E-state index < -0.39 is 11.6 Å². The Labute approximate surface area is 158 Å². The van der Waals surface area contributed by atoms with Crippen LogP contribution in [0.2, 0.25) is 0 Å². The van der Waals surface area contributed by atoms with Gasteiger partial charge >= 0.3 is 5.97 Å². The SMILES string of the molecule is CCCCCCC(O)(/C=C/C1CCC(=O)C1C/C=C\CCC(=O)O)CC. The molecule has 3 unspecified atom stereocenters. The van der Waals surface area contributed by atoms with Crippen LogP contribution in [0.25, 0.3) is 0 Å². The summed E-state index contributed by atoms with van der Waals surface area (Å²) in [6.45, 7) is 4.19. The van der Waals surface area contributed by atoms with E-state index in [4.69, 9.17) is 5.11 Å². The fourth-order valence-electron chi connectivity index (χ4n) is 3.58. The molecule has 1 aliphatic carbocycles. The molecule has 0 saturated heterocycles. The Morgan fingerprint density at radius 3 is 2.65 bits per heavy atom. The quantitative estimate of drug-likeness (QED) is 0.354. The van der Waals surface area contributed by atoms with Crippen molar-refractivity contribution in [1.82, 2.24) is 0 Å². The van der Waals surface area contributed by atoms with Crippen LogP contribution in [0.1, 0.15) is 84.5 Å². The molecule has 1 saturated carbocycles. The summed E-state index contributed by atoms with van der Waals surface area (Å²) in [6.07, 6.45) is 16.6. The number of carboxylic acids is 1. The van der Waals surface area contributed by atoms with E-state index in [0.29, 0.717) is 25.7 Å². The molecule has 1 fully saturated rings. The van der Waals surface area contributed by atoms with Crippen LogP contribution in [0.4, 0.5) is 0 Å². The molecule has 3 atom stereocenters. The van der Waals surface area contributed by atoms with E-state index in [0.717, 1.165) is 25.7 Å². The van der Waals surface area contributed by atoms with Crippen molar-refractivity contribution in [2.45, 2.75) is 90.1 Å². The number of allylic oxidation sites excluding steroid dienone is 3. The van der Waals surface area contributed by atoms with Crippen molar-refractivity contribution in [2.24, 2.45) is 11.8 Å². The van der Waals surface area contributed by atoms with Crippen LogP contribution < -0.4 is 0 Å². The van der Waals surface area contributed by atoms with Gasteiger partial charge in [-0.05, 0) is 38.0 Å². The average Bonchev–Trinajstić information content (AvgIpc) is 2.96. The lowest BCUT2D eigenvalue weighted by Crippen LogP contribution is -2.25. The minimum absolute atomic E-state index is 0.0338. The Hall–Kier alpha value is -1.42. The Bertz CT molecular complexity index is 494. The van der Waals surface area contributed by atoms with Gasteiger partial charge in [0.2, 0.25) is 0 Å². The number of hydrogen-bond acceptors (Lipinski definition) is 3. The molecule has 0 aromatic rings. The Balaban J connectivity index is 2.56. The second kappa shape index (κ2) is 12.1. The highest BCUT2D eigenvalue weighted by atomic mass is 16.4. The third kappa shape index (κ3) is 8.31. The number of rotatable bonds is 13. The number of aliphatic carboxylic acids is 1. The molecule has 4 heteroatoms. The number of carboxylic acid groups (broad SMARTS) is 1. The van der Waals surface area contributed by atoms with Gasteiger partial charge in [0.25, 0.3) is 0 Å². The van der Waals surface area contributed by atoms with Gasteiger partial charge in [0, 0.05) is 18.8 Å². The van der Waals surface area contributed by atoms with Gasteiger partial charge in [-0.3, -0.25) is 9.59 Å². The van der Waals surface area contributed by atoms with Gasteiger partial charge in [-0.15, -0.1) is 0 Å². The summed E-state index contributed by atoms with van der Waals surface area (Å²) in [5.41, 5.74) is -0.763. The fourth-order valence-corrected chi connectivity index (χ4v) is 3.58. The predicted octanol–water partition coefficient (Wildman–Crippen LogP) is 5.06. The van der Waals surface area contributed by atoms with Crippen LogP contribution in [0.5, 0.6) is 0 Å². The first-order chi connectivity index (χ1) is 12.4. The molecule has 1 rings (SSSR count). The van der Waals surface area contributed by atoms with Crippen LogP contribution in [-0.4, -0.2) is 27.6 Å². The van der Waals surface area contributed by atoms with Crippen LogP contribution in [-0.2, 0) is 9.59 Å². The summed E-state index contributed by atoms with van der Waals surface area (Å²) >= 11 is 0. The predicted molar refractivity (Wildman–Crippen MR) is 105 cm³/mol. The maximum absolute atomic E-state index is 12.2. The maximum atomic E-state index is 12.2. The van der Waals surface area contributed by atoms with Crippen molar-refractivity contribution in [3.8, 4) is 0 Å². The van der Waals surface area contributed by atoms with E-state index in [-0.39, 0.29) is 24.0 Å². The first-order valence-corrected chi connectivity index (χ1v) is 10.2. The highest BCUT2D eigenvalue weighted by Crippen LogP contribution is 2.34. The van der Waals surface area contributed by atoms with E-state index in [9.17, 15) is 14.7 Å². The van der Waals surface area contributed by atoms with Gasteiger partial charge in [-0.1, -0.05) is 63.8 Å². The van der Waals surface area contributed by atoms with E-state index in [1.807, 2.05) is 25.2 Å². The fraction of sp³-hybridized carbons (Fsp3) is 0.727. The molecule has 0 amide bonds. The maximum Gasteiger partial charge on any atom is 0.303 e. The first kappa shape index (κ1) is 22.6. The summed E-state index contributed by atoms with van der Waals surface area (Å²) in [4.78, 5) is 22.7. The van der Waals surface area contributed by atoms with Crippen molar-refractivity contribution >= 4 is 11.8 Å². The lowest BCUT2D eigenvalue weighted by molar-refractivity contribution is -0.136. The van der Waals surface area contributed by atoms with Gasteiger partial charge in [0.15, 0.2) is 0 Å². The van der Waals surface area contributed by atoms with Crippen molar-refractivity contribution in [2.75, 3.05) is 0 Å². The monoisotopic (exact) mass is 364 g/mol. The molecule has 26 heavy (non-hydrogen) atoms. The minimum atomic E-state index is -0.801. The number of carbonyl (C=O) groups excluding carboxylic acids is 1. The number of ketones is 1. The zero-order chi connectivity index (χ0) is 19.4. The molecular formula is C22H36O4. The minimum Gasteiger partial charge on any atom is -0.481 e. The summed E-state index contributed by atoms with van der Waals surface area (Å²) < 4.78 is 0. The van der Waals surface area contributed by atoms with Gasteiger partial charge in [-0.25, -0.2) is 0 Å². The molecular weight excluding hydrogens is 328 g/mol. The molecule has 0 aromatic carbocycles. The van der Waals surface area contributed by atoms with Crippen LogP contribution in [0.15, 0.2) is 24.3 Å². The molecule has 0 aromatic heterocycles. The van der Waals surface area contributed by atoms with Crippen molar-refractivity contribution in [1.29, 1.82) is 0 Å². The Kier molecular flexibility index (Phi) is 10.5. The van der Waals surface area contributed by atoms with Gasteiger partial charge < -0.3 is 10.2 Å². The molecule has 0 spiro atoms. The smallest absolute Gasteiger partial charge is 0.303 e. The number of carbonyl (C=O) groups is 2. The third-order valence-electron chi connectivity index (χ3n) is 5.47. The second-order valence-corrected chi connectivity index (χ2v) is 7.54. The van der Waals surface area contributed by atoms with Gasteiger partial charge in [0.1, 0.15) is 5.78 Å². The lowest BCUT2D eigenvalue weighted by atomic mass is 9.87. The zero-order valence-electron chi connectivity index (χ0n) is 16.5. The average molecular weight is 365 g/mol. The highest BCUT2D eigenvalue weighted by molar-refractivity contribution is 5.83. The van der Waals surface area contributed by atoms with Crippen LogP contribution >= 0.6 is 0 Å². The number of Topliss-reactive ketones (excluding diaryl/α,β-unsaturated/α-hetero) is 1. The highest BCUT2D eigenvalue weighted by Gasteiger charge is 2.32. The summed E-state index contributed by atoms with van der Waals surface area (Å²) in [7, 11) is 0.